The van der Waals surface area contributed by atoms with Crippen molar-refractivity contribution in [1.29, 1.82) is 0 Å². The van der Waals surface area contributed by atoms with Crippen LogP contribution in [0, 0.1) is 6.92 Å². The fourth-order valence-electron chi connectivity index (χ4n) is 2.24. The maximum absolute atomic E-state index is 5.91. The lowest BCUT2D eigenvalue weighted by atomic mass is 10.2. The number of rotatable bonds is 5. The third-order valence-electron chi connectivity index (χ3n) is 3.19. The summed E-state index contributed by atoms with van der Waals surface area (Å²) >= 11 is 5.91. The van der Waals surface area contributed by atoms with E-state index in [1.165, 1.54) is 0 Å². The Bertz CT molecular complexity index is 397. The molecule has 0 radical (unpaired) electrons. The first-order valence-corrected chi connectivity index (χ1v) is 6.76. The zero-order valence-electron chi connectivity index (χ0n) is 10.9. The lowest BCUT2D eigenvalue weighted by molar-refractivity contribution is 0.0192. The molecule has 2 rings (SSSR count). The fourth-order valence-corrected chi connectivity index (χ4v) is 2.46. The molecule has 1 saturated heterocycles. The van der Waals surface area contributed by atoms with Crippen molar-refractivity contribution in [2.45, 2.75) is 32.0 Å². The van der Waals surface area contributed by atoms with Crippen LogP contribution in [0.5, 0.6) is 5.75 Å². The second-order valence-corrected chi connectivity index (χ2v) is 5.17. The molecular weight excluding hydrogens is 250 g/mol. The van der Waals surface area contributed by atoms with Gasteiger partial charge in [-0.1, -0.05) is 11.6 Å². The predicted molar refractivity (Wildman–Crippen MR) is 73.5 cm³/mol. The van der Waals surface area contributed by atoms with Gasteiger partial charge in [-0.3, -0.25) is 0 Å². The minimum Gasteiger partial charge on any atom is -0.491 e. The largest absolute Gasteiger partial charge is 0.491 e. The van der Waals surface area contributed by atoms with Crippen LogP contribution in [-0.4, -0.2) is 32.4 Å². The zero-order chi connectivity index (χ0) is 13.0. The quantitative estimate of drug-likeness (QED) is 0.892. The Balaban J connectivity index is 1.81. The van der Waals surface area contributed by atoms with Crippen molar-refractivity contribution in [3.8, 4) is 5.75 Å². The molecule has 0 saturated carbocycles. The molecule has 1 aliphatic rings. The Morgan fingerprint density at radius 3 is 2.89 bits per heavy atom. The van der Waals surface area contributed by atoms with E-state index in [0.29, 0.717) is 12.7 Å². The van der Waals surface area contributed by atoms with E-state index >= 15 is 0 Å². The minimum atomic E-state index is 0.207. The van der Waals surface area contributed by atoms with Gasteiger partial charge in [-0.2, -0.15) is 0 Å². The van der Waals surface area contributed by atoms with E-state index in [1.807, 2.05) is 32.2 Å². The first kappa shape index (κ1) is 13.7. The third kappa shape index (κ3) is 3.61. The number of nitrogens with one attached hydrogen (secondary N) is 1. The number of hydrogen-bond acceptors (Lipinski definition) is 3. The monoisotopic (exact) mass is 269 g/mol. The summed E-state index contributed by atoms with van der Waals surface area (Å²) in [5.74, 6) is 0.889. The van der Waals surface area contributed by atoms with Crippen LogP contribution in [0.2, 0.25) is 5.02 Å². The standard InChI is InChI=1S/C14H20ClNO2/c1-10-7-11(15)3-6-14(10)17-9-13-5-4-12(18-13)8-16-2/h3,6-7,12-13,16H,4-5,8-9H2,1-2H3. The maximum atomic E-state index is 5.91. The molecular formula is C14H20ClNO2. The highest BCUT2D eigenvalue weighted by atomic mass is 35.5. The molecule has 2 unspecified atom stereocenters. The molecule has 1 aromatic rings. The molecule has 0 spiro atoms. The van der Waals surface area contributed by atoms with Crippen LogP contribution in [0.15, 0.2) is 18.2 Å². The Morgan fingerprint density at radius 1 is 1.39 bits per heavy atom. The van der Waals surface area contributed by atoms with Gasteiger partial charge in [0.2, 0.25) is 0 Å². The Labute approximate surface area is 113 Å². The summed E-state index contributed by atoms with van der Waals surface area (Å²) in [7, 11) is 1.95. The summed E-state index contributed by atoms with van der Waals surface area (Å²) in [6, 6.07) is 5.68. The highest BCUT2D eigenvalue weighted by molar-refractivity contribution is 6.30. The molecule has 1 fully saturated rings. The van der Waals surface area contributed by atoms with Crippen LogP contribution in [0.1, 0.15) is 18.4 Å². The second-order valence-electron chi connectivity index (χ2n) is 4.74. The van der Waals surface area contributed by atoms with E-state index in [2.05, 4.69) is 5.32 Å². The van der Waals surface area contributed by atoms with Gasteiger partial charge in [-0.25, -0.2) is 0 Å². The Hall–Kier alpha value is -0.770. The molecule has 0 aliphatic carbocycles. The van der Waals surface area contributed by atoms with Crippen LogP contribution < -0.4 is 10.1 Å². The van der Waals surface area contributed by atoms with Crippen LogP contribution in [0.4, 0.5) is 0 Å². The van der Waals surface area contributed by atoms with Crippen LogP contribution >= 0.6 is 11.6 Å². The third-order valence-corrected chi connectivity index (χ3v) is 3.42. The molecule has 18 heavy (non-hydrogen) atoms. The SMILES string of the molecule is CNCC1CCC(COc2ccc(Cl)cc2C)O1. The van der Waals surface area contributed by atoms with Crippen LogP contribution in [0.3, 0.4) is 0 Å². The number of aryl methyl sites for hydroxylation is 1. The van der Waals surface area contributed by atoms with Crippen molar-refractivity contribution in [2.75, 3.05) is 20.2 Å². The van der Waals surface area contributed by atoms with Gasteiger partial charge in [0, 0.05) is 11.6 Å². The molecule has 0 amide bonds. The van der Waals surface area contributed by atoms with Gasteiger partial charge < -0.3 is 14.8 Å². The molecule has 4 heteroatoms. The van der Waals surface area contributed by atoms with E-state index in [4.69, 9.17) is 21.1 Å². The molecule has 1 heterocycles. The molecule has 0 aromatic heterocycles. The van der Waals surface area contributed by atoms with Gasteiger partial charge in [0.15, 0.2) is 0 Å². The highest BCUT2D eigenvalue weighted by Crippen LogP contribution is 2.24. The lowest BCUT2D eigenvalue weighted by Gasteiger charge is -2.15. The predicted octanol–water partition coefficient (Wildman–Crippen LogP) is 2.79. The smallest absolute Gasteiger partial charge is 0.122 e. The van der Waals surface area contributed by atoms with Gasteiger partial charge in [0.25, 0.3) is 0 Å². The topological polar surface area (TPSA) is 30.5 Å². The number of likely N-dealkylation sites (N-methyl/N-ethyl adjacent to an activating group) is 1. The average Bonchev–Trinajstić information content (AvgIpc) is 2.76. The van der Waals surface area contributed by atoms with Gasteiger partial charge in [-0.05, 0) is 50.6 Å². The minimum absolute atomic E-state index is 0.207. The molecule has 1 aliphatic heterocycles. The second kappa shape index (κ2) is 6.41. The van der Waals surface area contributed by atoms with Crippen LogP contribution in [-0.2, 0) is 4.74 Å². The van der Waals surface area contributed by atoms with E-state index in [9.17, 15) is 0 Å². The summed E-state index contributed by atoms with van der Waals surface area (Å²) < 4.78 is 11.7. The molecule has 1 N–H and O–H groups in total. The number of halogens is 1. The maximum Gasteiger partial charge on any atom is 0.122 e. The first-order chi connectivity index (χ1) is 8.69. The van der Waals surface area contributed by atoms with E-state index in [0.717, 1.165) is 35.7 Å². The average molecular weight is 270 g/mol. The Morgan fingerprint density at radius 2 is 2.17 bits per heavy atom. The first-order valence-electron chi connectivity index (χ1n) is 6.38. The molecule has 1 aromatic carbocycles. The van der Waals surface area contributed by atoms with Crippen molar-refractivity contribution >= 4 is 11.6 Å². The van der Waals surface area contributed by atoms with Gasteiger partial charge in [0.1, 0.15) is 12.4 Å². The molecule has 100 valence electrons. The lowest BCUT2D eigenvalue weighted by Crippen LogP contribution is -2.25. The van der Waals surface area contributed by atoms with Crippen molar-refractivity contribution in [3.05, 3.63) is 28.8 Å². The van der Waals surface area contributed by atoms with Crippen molar-refractivity contribution < 1.29 is 9.47 Å². The van der Waals surface area contributed by atoms with Gasteiger partial charge >= 0.3 is 0 Å². The summed E-state index contributed by atoms with van der Waals surface area (Å²) in [6.45, 7) is 3.53. The van der Waals surface area contributed by atoms with Crippen LogP contribution in [0.25, 0.3) is 0 Å². The number of ether oxygens (including phenoxy) is 2. The van der Waals surface area contributed by atoms with Gasteiger partial charge in [-0.15, -0.1) is 0 Å². The molecule has 3 nitrogen and oxygen atoms in total. The number of hydrogen-bond donors (Lipinski definition) is 1. The summed E-state index contributed by atoms with van der Waals surface area (Å²) in [5.41, 5.74) is 1.06. The fraction of sp³-hybridized carbons (Fsp3) is 0.571. The van der Waals surface area contributed by atoms with Crippen molar-refractivity contribution in [1.82, 2.24) is 5.32 Å². The highest BCUT2D eigenvalue weighted by Gasteiger charge is 2.25. The van der Waals surface area contributed by atoms with E-state index < -0.39 is 0 Å². The summed E-state index contributed by atoms with van der Waals surface area (Å²) in [6.07, 6.45) is 2.71. The molecule has 2 atom stereocenters. The summed E-state index contributed by atoms with van der Waals surface area (Å²) in [4.78, 5) is 0. The van der Waals surface area contributed by atoms with Crippen molar-refractivity contribution in [3.63, 3.8) is 0 Å². The van der Waals surface area contributed by atoms with E-state index in [1.54, 1.807) is 0 Å². The Kier molecular flexibility index (Phi) is 4.87. The van der Waals surface area contributed by atoms with Crippen molar-refractivity contribution in [2.24, 2.45) is 0 Å². The summed E-state index contributed by atoms with van der Waals surface area (Å²) in [5, 5.41) is 3.88. The van der Waals surface area contributed by atoms with E-state index in [-0.39, 0.29) is 6.10 Å². The van der Waals surface area contributed by atoms with Gasteiger partial charge in [0.05, 0.1) is 12.2 Å². The number of benzene rings is 1. The molecule has 0 bridgehead atoms. The zero-order valence-corrected chi connectivity index (χ0v) is 11.7. The normalized spacial score (nSPS) is 23.3.